The lowest BCUT2D eigenvalue weighted by Gasteiger charge is -2.20. The summed E-state index contributed by atoms with van der Waals surface area (Å²) >= 11 is 0. The van der Waals surface area contributed by atoms with Gasteiger partial charge in [-0.2, -0.15) is 0 Å². The third-order valence-corrected chi connectivity index (χ3v) is 1.31. The predicted octanol–water partition coefficient (Wildman–Crippen LogP) is -0.943. The van der Waals surface area contributed by atoms with Crippen molar-refractivity contribution in [2.24, 2.45) is 0 Å². The molecule has 1 atom stereocenters. The largest absolute Gasteiger partial charge is 0.465 e. The Hall–Kier alpha value is -1.14. The molecular formula is C7H12O6. The Kier molecular flexibility index (Phi) is 4.36. The maximum Gasteiger partial charge on any atom is 0.379 e. The average Bonchev–Trinajstić information content (AvgIpc) is 2.15. The monoisotopic (exact) mass is 192 g/mol. The molecule has 0 rings (SSSR count). The van der Waals surface area contributed by atoms with Crippen LogP contribution in [0, 0.1) is 0 Å². The van der Waals surface area contributed by atoms with Crippen molar-refractivity contribution >= 4 is 11.9 Å². The standard InChI is InChI=1S/C7H12O6/c1-4-13-6(9)7(10,12-3)5(8)11-2/h10H,4H2,1-3H3. The molecule has 0 heterocycles. The molecular weight excluding hydrogens is 180 g/mol. The minimum Gasteiger partial charge on any atom is -0.465 e. The summed E-state index contributed by atoms with van der Waals surface area (Å²) in [5.74, 6) is -5.07. The first-order chi connectivity index (χ1) is 6.02. The van der Waals surface area contributed by atoms with E-state index in [9.17, 15) is 14.7 Å². The molecule has 0 bridgehead atoms. The van der Waals surface area contributed by atoms with Gasteiger partial charge in [-0.15, -0.1) is 0 Å². The first kappa shape index (κ1) is 11.9. The summed E-state index contributed by atoms with van der Waals surface area (Å²) < 4.78 is 12.9. The number of carbonyl (C=O) groups excluding carboxylic acids is 2. The number of hydrogen-bond acceptors (Lipinski definition) is 6. The highest BCUT2D eigenvalue weighted by Crippen LogP contribution is 2.10. The van der Waals surface area contributed by atoms with Crippen LogP contribution in [0.2, 0.25) is 0 Å². The normalized spacial score (nSPS) is 14.5. The highest BCUT2D eigenvalue weighted by Gasteiger charge is 2.48. The van der Waals surface area contributed by atoms with Gasteiger partial charge in [0.15, 0.2) is 0 Å². The van der Waals surface area contributed by atoms with Crippen LogP contribution in [0.4, 0.5) is 0 Å². The molecule has 0 aliphatic carbocycles. The van der Waals surface area contributed by atoms with E-state index < -0.39 is 17.7 Å². The smallest absolute Gasteiger partial charge is 0.379 e. The van der Waals surface area contributed by atoms with Crippen LogP contribution in [-0.2, 0) is 23.8 Å². The van der Waals surface area contributed by atoms with E-state index in [0.29, 0.717) is 0 Å². The second-order valence-corrected chi connectivity index (χ2v) is 2.06. The van der Waals surface area contributed by atoms with Gasteiger partial charge in [0.2, 0.25) is 0 Å². The first-order valence-corrected chi connectivity index (χ1v) is 3.56. The van der Waals surface area contributed by atoms with Gasteiger partial charge in [-0.3, -0.25) is 0 Å². The number of hydrogen-bond donors (Lipinski definition) is 1. The van der Waals surface area contributed by atoms with Crippen LogP contribution >= 0.6 is 0 Å². The molecule has 0 saturated carbocycles. The highest BCUT2D eigenvalue weighted by molar-refractivity contribution is 6.01. The van der Waals surface area contributed by atoms with Gasteiger partial charge in [-0.1, -0.05) is 0 Å². The summed E-state index contributed by atoms with van der Waals surface area (Å²) in [5.41, 5.74) is 0. The highest BCUT2D eigenvalue weighted by atomic mass is 16.7. The molecule has 1 unspecified atom stereocenters. The Bertz CT molecular complexity index is 201. The molecule has 0 aromatic rings. The third-order valence-electron chi connectivity index (χ3n) is 1.31. The van der Waals surface area contributed by atoms with Gasteiger partial charge < -0.3 is 19.3 Å². The number of methoxy groups -OCH3 is 2. The third kappa shape index (κ3) is 2.40. The van der Waals surface area contributed by atoms with E-state index in [1.807, 2.05) is 0 Å². The lowest BCUT2D eigenvalue weighted by molar-refractivity contribution is -0.229. The quantitative estimate of drug-likeness (QED) is 0.351. The second-order valence-electron chi connectivity index (χ2n) is 2.06. The molecule has 0 fully saturated rings. The Morgan fingerprint density at radius 2 is 1.85 bits per heavy atom. The van der Waals surface area contributed by atoms with Gasteiger partial charge in [0.25, 0.3) is 0 Å². The topological polar surface area (TPSA) is 82.1 Å². The second kappa shape index (κ2) is 4.78. The fourth-order valence-electron chi connectivity index (χ4n) is 0.617. The molecule has 0 radical (unpaired) electrons. The van der Waals surface area contributed by atoms with Crippen molar-refractivity contribution in [2.75, 3.05) is 20.8 Å². The molecule has 76 valence electrons. The molecule has 0 aromatic heterocycles. The Morgan fingerprint density at radius 3 is 2.15 bits per heavy atom. The van der Waals surface area contributed by atoms with Crippen molar-refractivity contribution in [2.45, 2.75) is 12.7 Å². The molecule has 0 aliphatic heterocycles. The minimum atomic E-state index is -2.66. The molecule has 0 aliphatic rings. The number of esters is 2. The summed E-state index contributed by atoms with van der Waals surface area (Å²) in [7, 11) is 2.01. The lowest BCUT2D eigenvalue weighted by atomic mass is 10.3. The van der Waals surface area contributed by atoms with Crippen molar-refractivity contribution in [1.29, 1.82) is 0 Å². The van der Waals surface area contributed by atoms with Gasteiger partial charge in [-0.05, 0) is 6.92 Å². The summed E-state index contributed by atoms with van der Waals surface area (Å²) in [5, 5.41) is 9.32. The fraction of sp³-hybridized carbons (Fsp3) is 0.714. The summed E-state index contributed by atoms with van der Waals surface area (Å²) in [6.07, 6.45) is 0. The van der Waals surface area contributed by atoms with Crippen LogP contribution in [0.1, 0.15) is 6.92 Å². The maximum absolute atomic E-state index is 11.0. The van der Waals surface area contributed by atoms with E-state index >= 15 is 0 Å². The van der Waals surface area contributed by atoms with E-state index in [2.05, 4.69) is 14.2 Å². The average molecular weight is 192 g/mol. The number of aliphatic hydroxyl groups is 1. The van der Waals surface area contributed by atoms with Crippen molar-refractivity contribution in [1.82, 2.24) is 0 Å². The molecule has 1 N–H and O–H groups in total. The zero-order chi connectivity index (χ0) is 10.5. The van der Waals surface area contributed by atoms with Gasteiger partial charge in [0.05, 0.1) is 13.7 Å². The maximum atomic E-state index is 11.0. The molecule has 0 amide bonds. The summed E-state index contributed by atoms with van der Waals surface area (Å²) in [4.78, 5) is 21.9. The van der Waals surface area contributed by atoms with E-state index in [4.69, 9.17) is 0 Å². The van der Waals surface area contributed by atoms with Crippen LogP contribution < -0.4 is 0 Å². The Labute approximate surface area is 75.4 Å². The van der Waals surface area contributed by atoms with Crippen LogP contribution in [0.25, 0.3) is 0 Å². The molecule has 13 heavy (non-hydrogen) atoms. The van der Waals surface area contributed by atoms with E-state index in [1.165, 1.54) is 6.92 Å². The summed E-state index contributed by atoms with van der Waals surface area (Å²) in [6, 6.07) is 0. The van der Waals surface area contributed by atoms with Crippen LogP contribution in [-0.4, -0.2) is 43.7 Å². The number of rotatable bonds is 4. The van der Waals surface area contributed by atoms with Gasteiger partial charge >= 0.3 is 17.7 Å². The fourth-order valence-corrected chi connectivity index (χ4v) is 0.617. The molecule has 0 spiro atoms. The van der Waals surface area contributed by atoms with Crippen molar-refractivity contribution in [3.63, 3.8) is 0 Å². The van der Waals surface area contributed by atoms with Crippen molar-refractivity contribution in [3.05, 3.63) is 0 Å². The van der Waals surface area contributed by atoms with Crippen LogP contribution in [0.5, 0.6) is 0 Å². The Morgan fingerprint density at radius 1 is 1.31 bits per heavy atom. The lowest BCUT2D eigenvalue weighted by Crippen LogP contribution is -2.50. The van der Waals surface area contributed by atoms with Crippen LogP contribution in [0.3, 0.4) is 0 Å². The summed E-state index contributed by atoms with van der Waals surface area (Å²) in [6.45, 7) is 1.56. The molecule has 0 saturated heterocycles. The van der Waals surface area contributed by atoms with Crippen LogP contribution in [0.15, 0.2) is 0 Å². The van der Waals surface area contributed by atoms with Crippen molar-refractivity contribution < 1.29 is 28.9 Å². The SMILES string of the molecule is CCOC(=O)C(O)(OC)C(=O)OC. The first-order valence-electron chi connectivity index (χ1n) is 3.56. The molecule has 6 nitrogen and oxygen atoms in total. The minimum absolute atomic E-state index is 0.0293. The number of ether oxygens (including phenoxy) is 3. The van der Waals surface area contributed by atoms with Gasteiger partial charge in [0, 0.05) is 7.11 Å². The predicted molar refractivity (Wildman–Crippen MR) is 40.6 cm³/mol. The van der Waals surface area contributed by atoms with Gasteiger partial charge in [-0.25, -0.2) is 9.59 Å². The zero-order valence-electron chi connectivity index (χ0n) is 7.70. The van der Waals surface area contributed by atoms with E-state index in [0.717, 1.165) is 14.2 Å². The van der Waals surface area contributed by atoms with Crippen molar-refractivity contribution in [3.8, 4) is 0 Å². The Balaban J connectivity index is 4.61. The molecule has 0 aromatic carbocycles. The zero-order valence-corrected chi connectivity index (χ0v) is 7.70. The van der Waals surface area contributed by atoms with E-state index in [-0.39, 0.29) is 6.61 Å². The van der Waals surface area contributed by atoms with Gasteiger partial charge in [0.1, 0.15) is 0 Å². The number of carbonyl (C=O) groups is 2. The molecule has 6 heteroatoms. The van der Waals surface area contributed by atoms with E-state index in [1.54, 1.807) is 0 Å².